The number of carbonyl (C=O) groups is 1. The van der Waals surface area contributed by atoms with Crippen LogP contribution in [-0.2, 0) is 6.54 Å². The number of nitrogens with one attached hydrogen (secondary N) is 2. The standard InChI is InChI=1S/C17H19N5O/c1-13(11-22-8-7-18-12-22)9-19-17(23)15-10-20-21-16(15)14-5-3-2-4-6-14/h2-8,10,12-13H,9,11H2,1H3,(H,19,23)(H,20,21)/t13-/m0/s1. The van der Waals surface area contributed by atoms with Crippen LogP contribution in [0.25, 0.3) is 11.3 Å². The molecular weight excluding hydrogens is 290 g/mol. The van der Waals surface area contributed by atoms with Crippen LogP contribution < -0.4 is 5.32 Å². The summed E-state index contributed by atoms with van der Waals surface area (Å²) < 4.78 is 2.00. The quantitative estimate of drug-likeness (QED) is 0.734. The third kappa shape index (κ3) is 3.66. The first-order chi connectivity index (χ1) is 11.2. The SMILES string of the molecule is C[C@@H](CNC(=O)c1cn[nH]c1-c1ccccc1)Cn1ccnc1. The van der Waals surface area contributed by atoms with Crippen molar-refractivity contribution in [3.05, 3.63) is 60.8 Å². The van der Waals surface area contributed by atoms with E-state index in [2.05, 4.69) is 27.4 Å². The first kappa shape index (κ1) is 15.0. The zero-order chi connectivity index (χ0) is 16.1. The van der Waals surface area contributed by atoms with Gasteiger partial charge < -0.3 is 9.88 Å². The predicted octanol–water partition coefficient (Wildman–Crippen LogP) is 2.34. The van der Waals surface area contributed by atoms with Gasteiger partial charge in [-0.25, -0.2) is 4.98 Å². The van der Waals surface area contributed by atoms with Crippen LogP contribution in [0.5, 0.6) is 0 Å². The largest absolute Gasteiger partial charge is 0.352 e. The van der Waals surface area contributed by atoms with Gasteiger partial charge in [-0.05, 0) is 5.92 Å². The Labute approximate surface area is 134 Å². The number of benzene rings is 1. The van der Waals surface area contributed by atoms with Gasteiger partial charge in [0, 0.05) is 31.0 Å². The van der Waals surface area contributed by atoms with Crippen molar-refractivity contribution in [2.75, 3.05) is 6.54 Å². The molecule has 3 aromatic rings. The van der Waals surface area contributed by atoms with Crippen LogP contribution in [0, 0.1) is 5.92 Å². The van der Waals surface area contributed by atoms with Gasteiger partial charge in [-0.15, -0.1) is 0 Å². The molecule has 6 heteroatoms. The van der Waals surface area contributed by atoms with Crippen molar-refractivity contribution in [2.24, 2.45) is 5.92 Å². The topological polar surface area (TPSA) is 75.6 Å². The third-order valence-electron chi connectivity index (χ3n) is 3.64. The molecule has 3 rings (SSSR count). The molecule has 2 heterocycles. The van der Waals surface area contributed by atoms with Crippen molar-refractivity contribution in [1.29, 1.82) is 0 Å². The van der Waals surface area contributed by atoms with E-state index < -0.39 is 0 Å². The molecule has 0 saturated heterocycles. The average molecular weight is 309 g/mol. The van der Waals surface area contributed by atoms with Crippen molar-refractivity contribution in [1.82, 2.24) is 25.1 Å². The van der Waals surface area contributed by atoms with Crippen LogP contribution >= 0.6 is 0 Å². The Bertz CT molecular complexity index is 748. The molecule has 0 aliphatic heterocycles. The Morgan fingerprint density at radius 3 is 2.91 bits per heavy atom. The maximum absolute atomic E-state index is 12.4. The van der Waals surface area contributed by atoms with Gasteiger partial charge in [-0.1, -0.05) is 37.3 Å². The summed E-state index contributed by atoms with van der Waals surface area (Å²) in [5.41, 5.74) is 2.25. The Morgan fingerprint density at radius 1 is 1.35 bits per heavy atom. The highest BCUT2D eigenvalue weighted by Crippen LogP contribution is 2.20. The zero-order valence-electron chi connectivity index (χ0n) is 12.9. The lowest BCUT2D eigenvalue weighted by Crippen LogP contribution is -2.30. The number of aromatic amines is 1. The van der Waals surface area contributed by atoms with E-state index in [1.54, 1.807) is 18.7 Å². The smallest absolute Gasteiger partial charge is 0.255 e. The van der Waals surface area contributed by atoms with Crippen LogP contribution in [0.15, 0.2) is 55.2 Å². The molecule has 1 amide bonds. The van der Waals surface area contributed by atoms with Crippen LogP contribution in [0.4, 0.5) is 0 Å². The van der Waals surface area contributed by atoms with Crippen molar-refractivity contribution in [3.8, 4) is 11.3 Å². The molecule has 0 radical (unpaired) electrons. The minimum absolute atomic E-state index is 0.116. The number of carbonyl (C=O) groups excluding carboxylic acids is 1. The molecule has 0 spiro atoms. The highest BCUT2D eigenvalue weighted by Gasteiger charge is 2.15. The Balaban J connectivity index is 1.62. The number of H-pyrrole nitrogens is 1. The van der Waals surface area contributed by atoms with E-state index in [0.717, 1.165) is 17.8 Å². The summed E-state index contributed by atoms with van der Waals surface area (Å²) in [7, 11) is 0. The van der Waals surface area contributed by atoms with Crippen molar-refractivity contribution in [3.63, 3.8) is 0 Å². The van der Waals surface area contributed by atoms with E-state index in [-0.39, 0.29) is 5.91 Å². The molecule has 2 aromatic heterocycles. The fourth-order valence-corrected chi connectivity index (χ4v) is 2.46. The van der Waals surface area contributed by atoms with Gasteiger partial charge in [0.1, 0.15) is 0 Å². The maximum Gasteiger partial charge on any atom is 0.255 e. The second-order valence-electron chi connectivity index (χ2n) is 5.60. The minimum Gasteiger partial charge on any atom is -0.352 e. The molecule has 1 atom stereocenters. The fraction of sp³-hybridized carbons (Fsp3) is 0.235. The predicted molar refractivity (Wildman–Crippen MR) is 87.7 cm³/mol. The van der Waals surface area contributed by atoms with Gasteiger partial charge in [0.05, 0.1) is 23.8 Å². The van der Waals surface area contributed by atoms with E-state index in [9.17, 15) is 4.79 Å². The highest BCUT2D eigenvalue weighted by atomic mass is 16.1. The van der Waals surface area contributed by atoms with Crippen molar-refractivity contribution < 1.29 is 4.79 Å². The van der Waals surface area contributed by atoms with Crippen LogP contribution in [0.2, 0.25) is 0 Å². The molecule has 23 heavy (non-hydrogen) atoms. The third-order valence-corrected chi connectivity index (χ3v) is 3.64. The molecule has 6 nitrogen and oxygen atoms in total. The van der Waals surface area contributed by atoms with Gasteiger partial charge in [0.25, 0.3) is 5.91 Å². The number of amides is 1. The Kier molecular flexibility index (Phi) is 4.52. The fourth-order valence-electron chi connectivity index (χ4n) is 2.46. The lowest BCUT2D eigenvalue weighted by molar-refractivity contribution is 0.0947. The number of nitrogens with zero attached hydrogens (tertiary/aromatic N) is 3. The lowest BCUT2D eigenvalue weighted by atomic mass is 10.1. The van der Waals surface area contributed by atoms with Crippen molar-refractivity contribution in [2.45, 2.75) is 13.5 Å². The summed E-state index contributed by atoms with van der Waals surface area (Å²) in [5.74, 6) is 0.190. The normalized spacial score (nSPS) is 12.0. The van der Waals surface area contributed by atoms with E-state index in [1.807, 2.05) is 41.1 Å². The van der Waals surface area contributed by atoms with E-state index in [4.69, 9.17) is 0 Å². The zero-order valence-corrected chi connectivity index (χ0v) is 12.9. The second kappa shape index (κ2) is 6.91. The number of imidazole rings is 1. The summed E-state index contributed by atoms with van der Waals surface area (Å²) in [6.07, 6.45) is 7.02. The van der Waals surface area contributed by atoms with Crippen LogP contribution in [-0.4, -0.2) is 32.2 Å². The van der Waals surface area contributed by atoms with E-state index in [0.29, 0.717) is 18.0 Å². The molecule has 118 valence electrons. The van der Waals surface area contributed by atoms with Gasteiger partial charge in [0.15, 0.2) is 0 Å². The van der Waals surface area contributed by atoms with Gasteiger partial charge in [-0.3, -0.25) is 9.89 Å². The lowest BCUT2D eigenvalue weighted by Gasteiger charge is -2.13. The number of rotatable bonds is 6. The number of aromatic nitrogens is 4. The molecule has 0 saturated carbocycles. The molecule has 0 aliphatic rings. The summed E-state index contributed by atoms with van der Waals surface area (Å²) in [4.78, 5) is 16.4. The minimum atomic E-state index is -0.116. The van der Waals surface area contributed by atoms with Gasteiger partial charge in [-0.2, -0.15) is 5.10 Å². The van der Waals surface area contributed by atoms with E-state index >= 15 is 0 Å². The molecule has 0 unspecified atom stereocenters. The molecule has 0 bridgehead atoms. The summed E-state index contributed by atoms with van der Waals surface area (Å²) in [6, 6.07) is 9.71. The van der Waals surface area contributed by atoms with Crippen LogP contribution in [0.1, 0.15) is 17.3 Å². The Hall–Kier alpha value is -2.89. The number of hydrogen-bond acceptors (Lipinski definition) is 3. The summed E-state index contributed by atoms with van der Waals surface area (Å²) in [5, 5.41) is 9.89. The molecule has 0 aliphatic carbocycles. The van der Waals surface area contributed by atoms with Crippen molar-refractivity contribution >= 4 is 5.91 Å². The van der Waals surface area contributed by atoms with E-state index in [1.165, 1.54) is 0 Å². The summed E-state index contributed by atoms with van der Waals surface area (Å²) >= 11 is 0. The average Bonchev–Trinajstić information content (AvgIpc) is 3.25. The maximum atomic E-state index is 12.4. The second-order valence-corrected chi connectivity index (χ2v) is 5.60. The highest BCUT2D eigenvalue weighted by molar-refractivity contribution is 5.99. The Morgan fingerprint density at radius 2 is 2.17 bits per heavy atom. The molecule has 2 N–H and O–H groups in total. The summed E-state index contributed by atoms with van der Waals surface area (Å²) in [6.45, 7) is 3.50. The first-order valence-electron chi connectivity index (χ1n) is 7.57. The molecule has 0 fully saturated rings. The number of hydrogen-bond donors (Lipinski definition) is 2. The van der Waals surface area contributed by atoms with Gasteiger partial charge >= 0.3 is 0 Å². The van der Waals surface area contributed by atoms with Gasteiger partial charge in [0.2, 0.25) is 0 Å². The monoisotopic (exact) mass is 309 g/mol. The van der Waals surface area contributed by atoms with Crippen LogP contribution in [0.3, 0.4) is 0 Å². The molecular formula is C17H19N5O. The molecule has 1 aromatic carbocycles. The first-order valence-corrected chi connectivity index (χ1v) is 7.57.